The molecule has 0 spiro atoms. The van der Waals surface area contributed by atoms with Crippen molar-refractivity contribution in [3.05, 3.63) is 48.1 Å². The second-order valence-corrected chi connectivity index (χ2v) is 17.5. The summed E-state index contributed by atoms with van der Waals surface area (Å²) in [5.41, 5.74) is 4.05. The molecule has 2 N–H and O–H groups in total. The molecule has 0 aromatic carbocycles. The van der Waals surface area contributed by atoms with Gasteiger partial charge in [0.2, 0.25) is 0 Å². The Morgan fingerprint density at radius 1 is 1.20 bits per heavy atom. The first kappa shape index (κ1) is 29.0. The van der Waals surface area contributed by atoms with Gasteiger partial charge in [-0.05, 0) is 37.1 Å². The first-order chi connectivity index (χ1) is 19.7. The molecule has 41 heavy (non-hydrogen) atoms. The molecule has 5 heterocycles. The highest BCUT2D eigenvalue weighted by atomic mass is 28.3. The number of carboxylic acid groups (broad SMARTS) is 1. The van der Waals surface area contributed by atoms with Gasteiger partial charge >= 0.3 is 6.09 Å². The molecular weight excluding hydrogens is 538 g/mol. The largest absolute Gasteiger partial charge is 0.465 e. The zero-order valence-corrected chi connectivity index (χ0v) is 25.5. The molecule has 5 rings (SSSR count). The number of nitrogens with zero attached hydrogens (tertiary/aromatic N) is 6. The van der Waals surface area contributed by atoms with Crippen molar-refractivity contribution in [1.82, 2.24) is 24.4 Å². The minimum Gasteiger partial charge on any atom is -0.465 e. The Balaban J connectivity index is 1.38. The molecule has 12 heteroatoms. The van der Waals surface area contributed by atoms with E-state index < -0.39 is 14.2 Å². The molecule has 1 saturated heterocycles. The summed E-state index contributed by atoms with van der Waals surface area (Å²) in [7, 11) is -1.18. The third-order valence-electron chi connectivity index (χ3n) is 7.62. The predicted octanol–water partition coefficient (Wildman–Crippen LogP) is 4.92. The van der Waals surface area contributed by atoms with Crippen LogP contribution in [0.15, 0.2) is 36.8 Å². The molecule has 1 amide bonds. The Bertz CT molecular complexity index is 1400. The predicted molar refractivity (Wildman–Crippen MR) is 163 cm³/mol. The van der Waals surface area contributed by atoms with Crippen LogP contribution in [0.3, 0.4) is 0 Å². The summed E-state index contributed by atoms with van der Waals surface area (Å²) >= 11 is 0. The Labute approximate surface area is 242 Å². The second-order valence-electron chi connectivity index (χ2n) is 11.9. The molecule has 1 fully saturated rings. The summed E-state index contributed by atoms with van der Waals surface area (Å²) in [6, 6.07) is 6.98. The van der Waals surface area contributed by atoms with Crippen molar-refractivity contribution in [3.63, 3.8) is 0 Å². The van der Waals surface area contributed by atoms with Crippen LogP contribution in [0.25, 0.3) is 16.6 Å². The summed E-state index contributed by atoms with van der Waals surface area (Å²) in [4.78, 5) is 29.2. The van der Waals surface area contributed by atoms with E-state index in [1.807, 2.05) is 18.2 Å². The average molecular weight is 580 g/mol. The topological polar surface area (TPSA) is 118 Å². The zero-order valence-electron chi connectivity index (χ0n) is 24.5. The van der Waals surface area contributed by atoms with Crippen LogP contribution in [-0.2, 0) is 16.2 Å². The third-order valence-corrected chi connectivity index (χ3v) is 9.32. The molecule has 3 aromatic heterocycles. The first-order valence-electron chi connectivity index (χ1n) is 14.3. The number of nitrogens with one attached hydrogen (secondary N) is 1. The number of hydrogen-bond donors (Lipinski definition) is 2. The van der Waals surface area contributed by atoms with Crippen LogP contribution < -0.4 is 10.2 Å². The Kier molecular flexibility index (Phi) is 8.90. The lowest BCUT2D eigenvalue weighted by Gasteiger charge is -2.34. The highest BCUT2D eigenvalue weighted by Gasteiger charge is 2.23. The maximum Gasteiger partial charge on any atom is 0.407 e. The van der Waals surface area contributed by atoms with E-state index in [-0.39, 0.29) is 6.04 Å². The van der Waals surface area contributed by atoms with Crippen molar-refractivity contribution in [2.45, 2.75) is 51.8 Å². The lowest BCUT2D eigenvalue weighted by Crippen LogP contribution is -2.48. The van der Waals surface area contributed by atoms with Gasteiger partial charge in [0.15, 0.2) is 0 Å². The number of piperazine rings is 1. The normalized spacial score (nSPS) is 17.0. The van der Waals surface area contributed by atoms with Crippen molar-refractivity contribution in [3.8, 4) is 0 Å². The summed E-state index contributed by atoms with van der Waals surface area (Å²) in [5.74, 6) is 1.61. The summed E-state index contributed by atoms with van der Waals surface area (Å²) in [5, 5.41) is 13.9. The van der Waals surface area contributed by atoms with Gasteiger partial charge in [-0.2, -0.15) is 0 Å². The van der Waals surface area contributed by atoms with Crippen LogP contribution in [0.5, 0.6) is 0 Å². The van der Waals surface area contributed by atoms with E-state index in [0.717, 1.165) is 53.0 Å². The molecule has 0 saturated carbocycles. The van der Waals surface area contributed by atoms with Crippen LogP contribution >= 0.6 is 0 Å². The SMILES string of the molecule is C[C@H](Nc1ncnc2c1c(C1=CCOCC1)cn2COCC[Si](C)(C)C)c1cccc(N2CCN(C(=O)O)CC2)n1. The summed E-state index contributed by atoms with van der Waals surface area (Å²) in [6.07, 6.45) is 5.84. The van der Waals surface area contributed by atoms with Gasteiger partial charge in [-0.15, -0.1) is 0 Å². The van der Waals surface area contributed by atoms with Crippen LogP contribution in [0, 0.1) is 0 Å². The fraction of sp³-hybridized carbons (Fsp3) is 0.517. The first-order valence-corrected chi connectivity index (χ1v) is 18.1. The Hall–Kier alpha value is -3.48. The summed E-state index contributed by atoms with van der Waals surface area (Å²) in [6.45, 7) is 13.8. The standard InChI is InChI=1S/C29H41N7O4Si/c1-21(24-6-5-7-25(33-24)34-10-12-35(13-11-34)29(37)38)32-27-26-23(22-8-14-39-15-9-22)18-36(28(26)31-19-30-27)20-40-16-17-41(2,3)4/h5-8,18-19,21H,9-17,20H2,1-4H3,(H,37,38)(H,30,31,32)/t21-/m0/s1. The van der Waals surface area contributed by atoms with Crippen LogP contribution in [0.4, 0.5) is 16.4 Å². The fourth-order valence-electron chi connectivity index (χ4n) is 5.15. The smallest absolute Gasteiger partial charge is 0.407 e. The van der Waals surface area contributed by atoms with E-state index in [9.17, 15) is 9.90 Å². The quantitative estimate of drug-likeness (QED) is 0.255. The number of hydrogen-bond acceptors (Lipinski definition) is 8. The number of carbonyl (C=O) groups is 1. The van der Waals surface area contributed by atoms with Gasteiger partial charge in [0.05, 0.1) is 30.3 Å². The van der Waals surface area contributed by atoms with E-state index in [1.165, 1.54) is 10.5 Å². The number of rotatable bonds is 10. The summed E-state index contributed by atoms with van der Waals surface area (Å²) < 4.78 is 13.8. The lowest BCUT2D eigenvalue weighted by molar-refractivity contribution is 0.0898. The number of amides is 1. The number of anilines is 2. The van der Waals surface area contributed by atoms with Crippen LogP contribution in [-0.4, -0.2) is 89.7 Å². The van der Waals surface area contributed by atoms with Crippen LogP contribution in [0.1, 0.15) is 30.6 Å². The van der Waals surface area contributed by atoms with Gasteiger partial charge in [0.25, 0.3) is 0 Å². The molecule has 11 nitrogen and oxygen atoms in total. The van der Waals surface area contributed by atoms with Gasteiger partial charge in [0, 0.05) is 52.6 Å². The van der Waals surface area contributed by atoms with E-state index in [4.69, 9.17) is 14.5 Å². The molecule has 0 unspecified atom stereocenters. The molecule has 0 aliphatic carbocycles. The van der Waals surface area contributed by atoms with Gasteiger partial charge in [-0.25, -0.2) is 19.7 Å². The Morgan fingerprint density at radius 2 is 2.00 bits per heavy atom. The Morgan fingerprint density at radius 3 is 2.71 bits per heavy atom. The van der Waals surface area contributed by atoms with Crippen molar-refractivity contribution in [1.29, 1.82) is 0 Å². The minimum atomic E-state index is -1.18. The van der Waals surface area contributed by atoms with Crippen LogP contribution in [0.2, 0.25) is 25.7 Å². The third kappa shape index (κ3) is 7.06. The average Bonchev–Trinajstić information content (AvgIpc) is 3.35. The number of ether oxygens (including phenoxy) is 2. The lowest BCUT2D eigenvalue weighted by atomic mass is 10.0. The van der Waals surface area contributed by atoms with Gasteiger partial charge < -0.3 is 34.3 Å². The highest BCUT2D eigenvalue weighted by Crippen LogP contribution is 2.35. The molecule has 2 aliphatic heterocycles. The number of aromatic nitrogens is 4. The van der Waals surface area contributed by atoms with E-state index >= 15 is 0 Å². The second kappa shape index (κ2) is 12.6. The number of pyridine rings is 1. The molecule has 1 atom stereocenters. The van der Waals surface area contributed by atoms with Gasteiger partial charge in [-0.3, -0.25) is 0 Å². The molecule has 220 valence electrons. The van der Waals surface area contributed by atoms with Crippen molar-refractivity contribution in [2.75, 3.05) is 56.2 Å². The van der Waals surface area contributed by atoms with E-state index in [2.05, 4.69) is 63.6 Å². The fourth-order valence-corrected chi connectivity index (χ4v) is 5.91. The molecular formula is C29H41N7O4Si. The van der Waals surface area contributed by atoms with E-state index in [0.29, 0.717) is 46.1 Å². The molecule has 2 aliphatic rings. The zero-order chi connectivity index (χ0) is 29.0. The highest BCUT2D eigenvalue weighted by molar-refractivity contribution is 6.76. The molecule has 0 bridgehead atoms. The monoisotopic (exact) mass is 579 g/mol. The van der Waals surface area contributed by atoms with Gasteiger partial charge in [0.1, 0.15) is 30.3 Å². The van der Waals surface area contributed by atoms with Crippen molar-refractivity contribution >= 4 is 42.4 Å². The minimum absolute atomic E-state index is 0.124. The van der Waals surface area contributed by atoms with Crippen molar-refractivity contribution < 1.29 is 19.4 Å². The molecule has 0 radical (unpaired) electrons. The number of fused-ring (bicyclic) bond motifs is 1. The maximum atomic E-state index is 11.3. The molecule has 3 aromatic rings. The van der Waals surface area contributed by atoms with E-state index in [1.54, 1.807) is 6.33 Å². The maximum absolute atomic E-state index is 11.3. The van der Waals surface area contributed by atoms with Crippen molar-refractivity contribution in [2.24, 2.45) is 0 Å². The van der Waals surface area contributed by atoms with Gasteiger partial charge in [-0.1, -0.05) is 31.8 Å².